The highest BCUT2D eigenvalue weighted by atomic mass is 16.5. The first-order valence-electron chi connectivity index (χ1n) is 5.67. The number of hydrogen-bond acceptors (Lipinski definition) is 4. The third-order valence-electron chi connectivity index (χ3n) is 2.64. The molecule has 1 aromatic rings. The molecule has 1 aliphatic heterocycles. The molecule has 4 nitrogen and oxygen atoms in total. The summed E-state index contributed by atoms with van der Waals surface area (Å²) >= 11 is 0. The van der Waals surface area contributed by atoms with Gasteiger partial charge in [-0.3, -0.25) is 4.98 Å². The van der Waals surface area contributed by atoms with Crippen LogP contribution in [0.1, 0.15) is 12.5 Å². The molecule has 1 fully saturated rings. The minimum Gasteiger partial charge on any atom is -0.376 e. The predicted molar refractivity (Wildman–Crippen MR) is 62.6 cm³/mol. The van der Waals surface area contributed by atoms with E-state index in [2.05, 4.69) is 16.4 Å². The van der Waals surface area contributed by atoms with E-state index < -0.39 is 0 Å². The molecule has 1 aromatic heterocycles. The Hall–Kier alpha value is -1.13. The molecule has 2 heterocycles. The van der Waals surface area contributed by atoms with E-state index in [1.165, 1.54) is 0 Å². The van der Waals surface area contributed by atoms with Crippen molar-refractivity contribution >= 4 is 5.69 Å². The second-order valence-corrected chi connectivity index (χ2v) is 4.03. The Kier molecular flexibility index (Phi) is 3.74. The van der Waals surface area contributed by atoms with Crippen LogP contribution in [0.2, 0.25) is 0 Å². The molecular weight excluding hydrogens is 204 g/mol. The van der Waals surface area contributed by atoms with Crippen LogP contribution in [-0.4, -0.2) is 37.0 Å². The van der Waals surface area contributed by atoms with E-state index in [1.807, 2.05) is 26.2 Å². The normalized spacial score (nSPS) is 24.6. The molecule has 0 amide bonds. The largest absolute Gasteiger partial charge is 0.376 e. The van der Waals surface area contributed by atoms with Gasteiger partial charge in [-0.05, 0) is 25.5 Å². The average Bonchev–Trinajstić information content (AvgIpc) is 2.66. The van der Waals surface area contributed by atoms with Crippen molar-refractivity contribution in [2.24, 2.45) is 0 Å². The maximum Gasteiger partial charge on any atom is 0.103 e. The summed E-state index contributed by atoms with van der Waals surface area (Å²) in [6.07, 6.45) is 3.82. The van der Waals surface area contributed by atoms with Crippen LogP contribution in [0.3, 0.4) is 0 Å². The number of aryl methyl sites for hydroxylation is 1. The summed E-state index contributed by atoms with van der Waals surface area (Å²) < 4.78 is 11.0. The molecule has 4 heteroatoms. The standard InChI is InChI=1S/C12H18N2O2/c1-3-16-12-8-15-7-11(12)14-10-4-9(2)5-13-6-10/h4-6,11-12,14H,3,7-8H2,1-2H3. The highest BCUT2D eigenvalue weighted by Gasteiger charge is 2.28. The molecule has 0 aliphatic carbocycles. The van der Waals surface area contributed by atoms with Crippen molar-refractivity contribution in [1.29, 1.82) is 0 Å². The van der Waals surface area contributed by atoms with Crippen molar-refractivity contribution in [3.05, 3.63) is 24.0 Å². The number of pyridine rings is 1. The Morgan fingerprint density at radius 3 is 3.12 bits per heavy atom. The van der Waals surface area contributed by atoms with Gasteiger partial charge >= 0.3 is 0 Å². The Morgan fingerprint density at radius 1 is 1.50 bits per heavy atom. The van der Waals surface area contributed by atoms with E-state index in [0.29, 0.717) is 13.2 Å². The van der Waals surface area contributed by atoms with Crippen LogP contribution in [-0.2, 0) is 9.47 Å². The lowest BCUT2D eigenvalue weighted by Gasteiger charge is -2.19. The molecule has 2 rings (SSSR count). The fraction of sp³-hybridized carbons (Fsp3) is 0.583. The summed E-state index contributed by atoms with van der Waals surface area (Å²) in [5, 5.41) is 3.40. The molecule has 1 N–H and O–H groups in total. The predicted octanol–water partition coefficient (Wildman–Crippen LogP) is 1.61. The zero-order chi connectivity index (χ0) is 11.4. The SMILES string of the molecule is CCOC1COCC1Nc1cncc(C)c1. The first-order valence-corrected chi connectivity index (χ1v) is 5.67. The lowest BCUT2D eigenvalue weighted by Crippen LogP contribution is -2.34. The van der Waals surface area contributed by atoms with E-state index >= 15 is 0 Å². The maximum atomic E-state index is 5.61. The number of rotatable bonds is 4. The Morgan fingerprint density at radius 2 is 2.38 bits per heavy atom. The van der Waals surface area contributed by atoms with Gasteiger partial charge in [0.05, 0.1) is 24.9 Å². The highest BCUT2D eigenvalue weighted by Crippen LogP contribution is 2.16. The van der Waals surface area contributed by atoms with E-state index in [1.54, 1.807) is 0 Å². The molecule has 0 spiro atoms. The molecule has 1 aliphatic rings. The summed E-state index contributed by atoms with van der Waals surface area (Å²) in [5.41, 5.74) is 2.18. The zero-order valence-corrected chi connectivity index (χ0v) is 9.77. The topological polar surface area (TPSA) is 43.4 Å². The molecule has 0 bridgehead atoms. The minimum absolute atomic E-state index is 0.144. The zero-order valence-electron chi connectivity index (χ0n) is 9.77. The van der Waals surface area contributed by atoms with E-state index in [-0.39, 0.29) is 12.1 Å². The molecule has 2 unspecified atom stereocenters. The van der Waals surface area contributed by atoms with Gasteiger partial charge in [-0.25, -0.2) is 0 Å². The first kappa shape index (κ1) is 11.4. The lowest BCUT2D eigenvalue weighted by atomic mass is 10.2. The Balaban J connectivity index is 1.98. The monoisotopic (exact) mass is 222 g/mol. The molecule has 16 heavy (non-hydrogen) atoms. The van der Waals surface area contributed by atoms with Crippen LogP contribution in [0.5, 0.6) is 0 Å². The van der Waals surface area contributed by atoms with Crippen molar-refractivity contribution in [3.8, 4) is 0 Å². The van der Waals surface area contributed by atoms with Crippen LogP contribution >= 0.6 is 0 Å². The van der Waals surface area contributed by atoms with Gasteiger partial charge in [0.15, 0.2) is 0 Å². The summed E-state index contributed by atoms with van der Waals surface area (Å²) in [6, 6.07) is 2.30. The Bertz CT molecular complexity index is 344. The Labute approximate surface area is 96.0 Å². The van der Waals surface area contributed by atoms with Gasteiger partial charge < -0.3 is 14.8 Å². The van der Waals surface area contributed by atoms with Gasteiger partial charge in [0.2, 0.25) is 0 Å². The van der Waals surface area contributed by atoms with Crippen LogP contribution in [0.25, 0.3) is 0 Å². The molecule has 0 saturated carbocycles. The van der Waals surface area contributed by atoms with Gasteiger partial charge in [0, 0.05) is 19.0 Å². The van der Waals surface area contributed by atoms with Crippen molar-refractivity contribution in [2.45, 2.75) is 26.0 Å². The second kappa shape index (κ2) is 5.27. The van der Waals surface area contributed by atoms with Crippen molar-refractivity contribution in [1.82, 2.24) is 4.98 Å². The van der Waals surface area contributed by atoms with Gasteiger partial charge in [0.25, 0.3) is 0 Å². The van der Waals surface area contributed by atoms with Crippen LogP contribution < -0.4 is 5.32 Å². The summed E-state index contributed by atoms with van der Waals surface area (Å²) in [6.45, 7) is 6.12. The van der Waals surface area contributed by atoms with Gasteiger partial charge in [-0.2, -0.15) is 0 Å². The van der Waals surface area contributed by atoms with E-state index in [9.17, 15) is 0 Å². The maximum absolute atomic E-state index is 5.61. The minimum atomic E-state index is 0.144. The summed E-state index contributed by atoms with van der Waals surface area (Å²) in [4.78, 5) is 4.15. The van der Waals surface area contributed by atoms with Gasteiger partial charge in [-0.1, -0.05) is 0 Å². The smallest absolute Gasteiger partial charge is 0.103 e. The fourth-order valence-corrected chi connectivity index (χ4v) is 1.90. The molecule has 0 radical (unpaired) electrons. The molecule has 0 aromatic carbocycles. The third kappa shape index (κ3) is 2.71. The quantitative estimate of drug-likeness (QED) is 0.840. The van der Waals surface area contributed by atoms with Crippen LogP contribution in [0.15, 0.2) is 18.5 Å². The van der Waals surface area contributed by atoms with Crippen molar-refractivity contribution in [3.63, 3.8) is 0 Å². The van der Waals surface area contributed by atoms with Crippen LogP contribution in [0, 0.1) is 6.92 Å². The average molecular weight is 222 g/mol. The fourth-order valence-electron chi connectivity index (χ4n) is 1.90. The highest BCUT2D eigenvalue weighted by molar-refractivity contribution is 5.43. The van der Waals surface area contributed by atoms with Gasteiger partial charge in [-0.15, -0.1) is 0 Å². The first-order chi connectivity index (χ1) is 7.79. The van der Waals surface area contributed by atoms with Crippen molar-refractivity contribution in [2.75, 3.05) is 25.1 Å². The number of hydrogen-bond donors (Lipinski definition) is 1. The third-order valence-corrected chi connectivity index (χ3v) is 2.64. The van der Waals surface area contributed by atoms with Gasteiger partial charge in [0.1, 0.15) is 6.10 Å². The number of nitrogens with one attached hydrogen (secondary N) is 1. The summed E-state index contributed by atoms with van der Waals surface area (Å²) in [7, 11) is 0. The summed E-state index contributed by atoms with van der Waals surface area (Å²) in [5.74, 6) is 0. The number of nitrogens with zero attached hydrogens (tertiary/aromatic N) is 1. The molecular formula is C12H18N2O2. The number of aromatic nitrogens is 1. The molecule has 88 valence electrons. The lowest BCUT2D eigenvalue weighted by molar-refractivity contribution is 0.0478. The van der Waals surface area contributed by atoms with Crippen molar-refractivity contribution < 1.29 is 9.47 Å². The molecule has 2 atom stereocenters. The molecule has 1 saturated heterocycles. The van der Waals surface area contributed by atoms with Crippen LogP contribution in [0.4, 0.5) is 5.69 Å². The number of ether oxygens (including phenoxy) is 2. The van der Waals surface area contributed by atoms with E-state index in [4.69, 9.17) is 9.47 Å². The van der Waals surface area contributed by atoms with E-state index in [0.717, 1.165) is 17.9 Å². The second-order valence-electron chi connectivity index (χ2n) is 4.03. The number of anilines is 1.